The van der Waals surface area contributed by atoms with Crippen LogP contribution in [-0.2, 0) is 80.1 Å². The molecule has 0 amide bonds. The van der Waals surface area contributed by atoms with Gasteiger partial charge in [-0.25, -0.2) is 32.7 Å². The number of ether oxygens (including phenoxy) is 6. The highest BCUT2D eigenvalue weighted by atomic mass is 32.2. The fourth-order valence-corrected chi connectivity index (χ4v) is 14.7. The Kier molecular flexibility index (Phi) is 19.3. The number of anilines is 2. The molecule has 0 saturated carbocycles. The Bertz CT molecular complexity index is 3730. The summed E-state index contributed by atoms with van der Waals surface area (Å²) >= 11 is 0. The molecule has 5 atom stereocenters. The highest BCUT2D eigenvalue weighted by molar-refractivity contribution is 7.88. The molecular weight excluding hydrogens is 1150 g/mol. The Labute approximate surface area is 499 Å². The Morgan fingerprint density at radius 1 is 0.849 bits per heavy atom. The second-order valence-electron chi connectivity index (χ2n) is 22.7. The van der Waals surface area contributed by atoms with E-state index in [1.165, 1.54) is 53.0 Å². The first-order valence-electron chi connectivity index (χ1n) is 29.8. The van der Waals surface area contributed by atoms with Crippen LogP contribution in [0, 0.1) is 0 Å². The van der Waals surface area contributed by atoms with E-state index in [2.05, 4.69) is 46.6 Å². The third-order valence-electron chi connectivity index (χ3n) is 16.8. The molecule has 25 nitrogen and oxygen atoms in total. The third-order valence-corrected chi connectivity index (χ3v) is 19.0. The second-order valence-corrected chi connectivity index (χ2v) is 25.9. The zero-order valence-corrected chi connectivity index (χ0v) is 49.8. The maximum atomic E-state index is 13.7. The number of carbonyl (C=O) groups is 1. The van der Waals surface area contributed by atoms with Crippen LogP contribution in [0.1, 0.15) is 96.5 Å². The number of nitrogen functional groups attached to an aromatic ring is 1. The zero-order valence-electron chi connectivity index (χ0n) is 48.2. The minimum Gasteiger partial charge on any atom is -0.480 e. The summed E-state index contributed by atoms with van der Waals surface area (Å²) in [4.78, 5) is 26.0. The minimum atomic E-state index is -4.77. The molecule has 8 heterocycles. The average Bonchev–Trinajstić information content (AvgIpc) is 0.922. The summed E-state index contributed by atoms with van der Waals surface area (Å²) in [5.74, 6) is 0.0792. The van der Waals surface area contributed by atoms with Crippen LogP contribution in [0.25, 0.3) is 16.7 Å². The standard InChI is InChI=1S/C59H77N11O14S2/c60-39(12-13-45(61)59(72)73)32-46-52(71)55(58(83-46)70-35-66-49-56(62)64-34-65-57(49)70)82-24-17-63-15-5-22-79-25-27-81-28-26-80-23-6-16-67-85(74,75)33-36-11-14-47(86(76,77)78)42(29-36)48-43-30-37-7-1-18-68-20-3-9-40(50(37)68)53(43)84-54-41-10-4-21-69-19-2-8-38(51(41)69)31-44(48)54/h11,14,29-32,34-35,45-46,52,55,58,63,67,71H,1-10,12-13,15-28,33,60-61H2,(H3-,62,64,65,72,73,76,77,78)/p+1/t45-,46+,52+,55+,58+/m0/s1. The molecule has 3 aromatic carbocycles. The van der Waals surface area contributed by atoms with E-state index in [1.54, 1.807) is 10.6 Å². The average molecular weight is 1230 g/mol. The number of aromatic nitrogens is 4. The number of imidazole rings is 1. The van der Waals surface area contributed by atoms with Crippen LogP contribution in [0.2, 0.25) is 0 Å². The Balaban J connectivity index is 0.615. The summed E-state index contributed by atoms with van der Waals surface area (Å²) in [7, 11) is -8.67. The molecule has 0 radical (unpaired) electrons. The number of nitrogens with one attached hydrogen (secondary N) is 2. The van der Waals surface area contributed by atoms with E-state index < -0.39 is 62.4 Å². The minimum absolute atomic E-state index is 0.108. The molecule has 27 heteroatoms. The molecule has 6 aliphatic rings. The zero-order chi connectivity index (χ0) is 60.1. The largest absolute Gasteiger partial charge is 0.480 e. The molecule has 0 aliphatic carbocycles. The third kappa shape index (κ3) is 13.6. The molecular formula is C59H78N11O14S2+. The first kappa shape index (κ1) is 61.4. The van der Waals surface area contributed by atoms with Gasteiger partial charge < -0.3 is 66.1 Å². The Morgan fingerprint density at radius 2 is 1.57 bits per heavy atom. The van der Waals surface area contributed by atoms with Crippen LogP contribution >= 0.6 is 0 Å². The number of carboxylic acids is 1. The van der Waals surface area contributed by atoms with Gasteiger partial charge in [0.15, 0.2) is 17.7 Å². The maximum Gasteiger partial charge on any atom is 0.320 e. The highest BCUT2D eigenvalue weighted by Crippen LogP contribution is 2.49. The molecule has 86 heavy (non-hydrogen) atoms. The van der Waals surface area contributed by atoms with Gasteiger partial charge in [0, 0.05) is 96.7 Å². The van der Waals surface area contributed by atoms with Crippen molar-refractivity contribution in [3.63, 3.8) is 0 Å². The van der Waals surface area contributed by atoms with E-state index in [-0.39, 0.29) is 42.3 Å². The number of hydrogen-bond acceptors (Lipinski definition) is 20. The predicted octanol–water partition coefficient (Wildman–Crippen LogP) is 1.31. The number of aliphatic hydroxyl groups excluding tert-OH is 1. The quantitative estimate of drug-likeness (QED) is 0.0186. The van der Waals surface area contributed by atoms with Gasteiger partial charge in [-0.1, -0.05) is 6.07 Å². The summed E-state index contributed by atoms with van der Waals surface area (Å²) < 4.78 is 108. The van der Waals surface area contributed by atoms with E-state index in [9.17, 15) is 31.3 Å². The van der Waals surface area contributed by atoms with E-state index in [0.29, 0.717) is 93.6 Å². The van der Waals surface area contributed by atoms with Crippen molar-refractivity contribution in [2.45, 2.75) is 118 Å². The first-order chi connectivity index (χ1) is 41.5. The van der Waals surface area contributed by atoms with Gasteiger partial charge in [0.1, 0.15) is 65.7 Å². The van der Waals surface area contributed by atoms with Gasteiger partial charge in [0.05, 0.1) is 50.7 Å². The van der Waals surface area contributed by atoms with Crippen molar-refractivity contribution < 1.29 is 64.8 Å². The van der Waals surface area contributed by atoms with Crippen molar-refractivity contribution in [3.05, 3.63) is 104 Å². The lowest BCUT2D eigenvalue weighted by atomic mass is 9.82. The van der Waals surface area contributed by atoms with Crippen LogP contribution in [0.15, 0.2) is 59.7 Å². The van der Waals surface area contributed by atoms with Crippen LogP contribution in [0.4, 0.5) is 11.5 Å². The molecule has 1 fully saturated rings. The summed E-state index contributed by atoms with van der Waals surface area (Å²) in [6.45, 7) is 7.49. The number of carboxylic acid groups (broad SMARTS) is 1. The first-order valence-corrected chi connectivity index (χ1v) is 32.9. The fraction of sp³-hybridized carbons (Fsp3) is 0.542. The summed E-state index contributed by atoms with van der Waals surface area (Å²) in [5, 5.41) is 25.8. The molecule has 5 aromatic rings. The van der Waals surface area contributed by atoms with Gasteiger partial charge in [-0.2, -0.15) is 8.42 Å². The van der Waals surface area contributed by atoms with E-state index in [1.807, 2.05) is 0 Å². The highest BCUT2D eigenvalue weighted by Gasteiger charge is 2.46. The van der Waals surface area contributed by atoms with Crippen LogP contribution in [0.5, 0.6) is 11.5 Å². The van der Waals surface area contributed by atoms with Gasteiger partial charge >= 0.3 is 5.97 Å². The molecule has 0 bridgehead atoms. The number of fused-ring (bicyclic) bond motifs is 5. The van der Waals surface area contributed by atoms with Crippen molar-refractivity contribution in [1.29, 1.82) is 0 Å². The van der Waals surface area contributed by atoms with E-state index in [4.69, 9.17) is 50.7 Å². The van der Waals surface area contributed by atoms with Gasteiger partial charge in [-0.05, 0) is 112 Å². The van der Waals surface area contributed by atoms with Crippen molar-refractivity contribution in [1.82, 2.24) is 34.1 Å². The summed E-state index contributed by atoms with van der Waals surface area (Å²) in [6.07, 6.45) is 9.32. The smallest absolute Gasteiger partial charge is 0.320 e. The number of aryl methyl sites for hydroxylation is 2. The lowest BCUT2D eigenvalue weighted by Crippen LogP contribution is -2.45. The molecule has 464 valence electrons. The number of rotatable bonds is 29. The van der Waals surface area contributed by atoms with E-state index >= 15 is 0 Å². The molecule has 1 saturated heterocycles. The SMILES string of the molecule is NC(=C[C@H]1O[C@@H](n2cnc3c(N)ncnc32)[C@H](OCCNCCCOCCOCCOCCCNS(=O)(=O)Cc2ccc(S(=O)(=O)O)c(C3=c4cc5c6c(c4Oc4c3cc3c7c4CCCN7CCC3)CCC[N+]=6CCC5)c2)[C@@H]1O)CC[C@H](N)C(=O)O. The van der Waals surface area contributed by atoms with Gasteiger partial charge in [0.25, 0.3) is 10.1 Å². The normalized spacial score (nSPS) is 20.4. The molecule has 0 spiro atoms. The van der Waals surface area contributed by atoms with Gasteiger partial charge in [-0.3, -0.25) is 13.9 Å². The lowest BCUT2D eigenvalue weighted by Gasteiger charge is -2.39. The molecule has 11 rings (SSSR count). The topological polar surface area (TPSA) is 353 Å². The Morgan fingerprint density at radius 3 is 2.34 bits per heavy atom. The molecule has 2 aromatic heterocycles. The van der Waals surface area contributed by atoms with Crippen molar-refractivity contribution in [3.8, 4) is 11.5 Å². The molecule has 11 N–H and O–H groups in total. The number of allylic oxidation sites excluding steroid dienone is 1. The summed E-state index contributed by atoms with van der Waals surface area (Å²) in [5.41, 5.74) is 26.8. The van der Waals surface area contributed by atoms with Gasteiger partial charge in [-0.15, -0.1) is 0 Å². The number of hydrogen-bond donors (Lipinski definition) is 8. The maximum absolute atomic E-state index is 13.7. The number of nitrogens with zero attached hydrogens (tertiary/aromatic N) is 6. The number of aliphatic carboxylic acids is 1. The lowest BCUT2D eigenvalue weighted by molar-refractivity contribution is -0.138. The van der Waals surface area contributed by atoms with Crippen molar-refractivity contribution in [2.24, 2.45) is 11.5 Å². The molecule has 6 aliphatic heterocycles. The number of nitrogens with two attached hydrogens (primary N) is 3. The number of benzene rings is 3. The monoisotopic (exact) mass is 1230 g/mol. The van der Waals surface area contributed by atoms with Crippen LogP contribution in [-0.4, -0.2) is 174 Å². The van der Waals surface area contributed by atoms with Crippen LogP contribution < -0.4 is 52.0 Å². The number of aliphatic hydroxyl groups is 1. The van der Waals surface area contributed by atoms with Crippen LogP contribution in [0.3, 0.4) is 0 Å². The van der Waals surface area contributed by atoms with Crippen molar-refractivity contribution >= 4 is 54.4 Å². The Hall–Kier alpha value is -6.21. The fourth-order valence-electron chi connectivity index (χ4n) is 12.8. The number of sulfonamides is 1. The van der Waals surface area contributed by atoms with Crippen molar-refractivity contribution in [2.75, 3.05) is 103 Å². The molecule has 0 unspecified atom stereocenters. The predicted molar refractivity (Wildman–Crippen MR) is 318 cm³/mol. The second kappa shape index (κ2) is 27.0. The van der Waals surface area contributed by atoms with E-state index in [0.717, 1.165) is 111 Å². The summed E-state index contributed by atoms with van der Waals surface area (Å²) in [6, 6.07) is 7.62. The van der Waals surface area contributed by atoms with Gasteiger partial charge in [0.2, 0.25) is 15.4 Å².